The molecule has 5 heteroatoms. The van der Waals surface area contributed by atoms with Crippen LogP contribution in [-0.2, 0) is 11.3 Å². The predicted molar refractivity (Wildman–Crippen MR) is 58.5 cm³/mol. The molecule has 2 N–H and O–H groups in total. The van der Waals surface area contributed by atoms with Gasteiger partial charge in [-0.05, 0) is 25.5 Å². The third-order valence-electron chi connectivity index (χ3n) is 2.21. The van der Waals surface area contributed by atoms with Crippen molar-refractivity contribution in [2.24, 2.45) is 0 Å². The van der Waals surface area contributed by atoms with Gasteiger partial charge in [-0.15, -0.1) is 0 Å². The van der Waals surface area contributed by atoms with Crippen LogP contribution in [0.5, 0.6) is 0 Å². The number of hydrogen-bond acceptors (Lipinski definition) is 4. The van der Waals surface area contributed by atoms with E-state index in [1.165, 1.54) is 12.3 Å². The number of carboxylic acid groups (broad SMARTS) is 1. The molecule has 0 bridgehead atoms. The Bertz CT molecular complexity index is 322. The van der Waals surface area contributed by atoms with E-state index in [1.54, 1.807) is 7.11 Å². The lowest BCUT2D eigenvalue weighted by Crippen LogP contribution is -2.16. The van der Waals surface area contributed by atoms with E-state index < -0.39 is 5.97 Å². The van der Waals surface area contributed by atoms with Gasteiger partial charge in [0.25, 0.3) is 0 Å². The Hall–Kier alpha value is -1.33. The second-order valence-electron chi connectivity index (χ2n) is 3.44. The first-order valence-corrected chi connectivity index (χ1v) is 5.25. The number of furan rings is 1. The zero-order valence-corrected chi connectivity index (χ0v) is 9.36. The number of aromatic carboxylic acids is 1. The van der Waals surface area contributed by atoms with Gasteiger partial charge in [0.2, 0.25) is 0 Å². The van der Waals surface area contributed by atoms with Gasteiger partial charge < -0.3 is 19.6 Å². The molecule has 0 aromatic carbocycles. The van der Waals surface area contributed by atoms with Gasteiger partial charge in [0.15, 0.2) is 0 Å². The standard InChI is InChI=1S/C11H17NO4/c1-15-6-3-2-5-12-8-10-9(11(13)14)4-7-16-10/h4,7,12H,2-3,5-6,8H2,1H3,(H,13,14). The van der Waals surface area contributed by atoms with E-state index in [9.17, 15) is 4.79 Å². The molecular formula is C11H17NO4. The normalized spacial score (nSPS) is 10.6. The molecule has 1 aromatic heterocycles. The number of unbranched alkanes of at least 4 members (excludes halogenated alkanes) is 1. The van der Waals surface area contributed by atoms with Crippen molar-refractivity contribution in [3.8, 4) is 0 Å². The Morgan fingerprint density at radius 2 is 2.38 bits per heavy atom. The molecule has 0 amide bonds. The summed E-state index contributed by atoms with van der Waals surface area (Å²) >= 11 is 0. The summed E-state index contributed by atoms with van der Waals surface area (Å²) in [5, 5.41) is 12.0. The van der Waals surface area contributed by atoms with E-state index in [-0.39, 0.29) is 5.56 Å². The van der Waals surface area contributed by atoms with Crippen molar-refractivity contribution in [2.75, 3.05) is 20.3 Å². The molecule has 16 heavy (non-hydrogen) atoms. The van der Waals surface area contributed by atoms with E-state index in [2.05, 4.69) is 5.32 Å². The molecule has 5 nitrogen and oxygen atoms in total. The van der Waals surface area contributed by atoms with Crippen LogP contribution in [0.3, 0.4) is 0 Å². The van der Waals surface area contributed by atoms with Crippen LogP contribution in [0.15, 0.2) is 16.7 Å². The molecular weight excluding hydrogens is 210 g/mol. The van der Waals surface area contributed by atoms with E-state index in [0.717, 1.165) is 26.0 Å². The Balaban J connectivity index is 2.21. The van der Waals surface area contributed by atoms with Gasteiger partial charge >= 0.3 is 5.97 Å². The Morgan fingerprint density at radius 3 is 3.06 bits per heavy atom. The Kier molecular flexibility index (Phi) is 5.60. The van der Waals surface area contributed by atoms with Gasteiger partial charge in [0.1, 0.15) is 11.3 Å². The summed E-state index contributed by atoms with van der Waals surface area (Å²) in [6.45, 7) is 2.02. The van der Waals surface area contributed by atoms with Gasteiger partial charge in [-0.2, -0.15) is 0 Å². The molecule has 0 unspecified atom stereocenters. The molecule has 90 valence electrons. The smallest absolute Gasteiger partial charge is 0.339 e. The fraction of sp³-hybridized carbons (Fsp3) is 0.545. The highest BCUT2D eigenvalue weighted by molar-refractivity contribution is 5.88. The minimum Gasteiger partial charge on any atom is -0.478 e. The monoisotopic (exact) mass is 227 g/mol. The minimum absolute atomic E-state index is 0.226. The lowest BCUT2D eigenvalue weighted by atomic mass is 10.2. The number of hydrogen-bond donors (Lipinski definition) is 2. The van der Waals surface area contributed by atoms with Crippen molar-refractivity contribution >= 4 is 5.97 Å². The summed E-state index contributed by atoms with van der Waals surface area (Å²) in [4.78, 5) is 10.8. The lowest BCUT2D eigenvalue weighted by Gasteiger charge is -2.03. The van der Waals surface area contributed by atoms with Crippen molar-refractivity contribution in [1.82, 2.24) is 5.32 Å². The van der Waals surface area contributed by atoms with Crippen LogP contribution < -0.4 is 5.32 Å². The third kappa shape index (κ3) is 4.04. The number of rotatable bonds is 8. The van der Waals surface area contributed by atoms with Gasteiger partial charge in [0.05, 0.1) is 12.8 Å². The van der Waals surface area contributed by atoms with Gasteiger partial charge in [0, 0.05) is 13.7 Å². The number of nitrogens with one attached hydrogen (secondary N) is 1. The number of carbonyl (C=O) groups is 1. The van der Waals surface area contributed by atoms with E-state index in [1.807, 2.05) is 0 Å². The molecule has 0 aliphatic heterocycles. The molecule has 0 spiro atoms. The van der Waals surface area contributed by atoms with Gasteiger partial charge in [-0.3, -0.25) is 0 Å². The number of carboxylic acids is 1. The van der Waals surface area contributed by atoms with Crippen molar-refractivity contribution < 1.29 is 19.1 Å². The van der Waals surface area contributed by atoms with Crippen LogP contribution in [0.1, 0.15) is 29.0 Å². The fourth-order valence-corrected chi connectivity index (χ4v) is 1.37. The third-order valence-corrected chi connectivity index (χ3v) is 2.21. The Labute approximate surface area is 94.4 Å². The molecule has 0 saturated carbocycles. The van der Waals surface area contributed by atoms with Crippen LogP contribution >= 0.6 is 0 Å². The van der Waals surface area contributed by atoms with Crippen molar-refractivity contribution in [2.45, 2.75) is 19.4 Å². The van der Waals surface area contributed by atoms with E-state index in [4.69, 9.17) is 14.3 Å². The molecule has 0 aliphatic rings. The SMILES string of the molecule is COCCCCNCc1occc1C(=O)O. The zero-order chi connectivity index (χ0) is 11.8. The van der Waals surface area contributed by atoms with Crippen molar-refractivity contribution in [3.63, 3.8) is 0 Å². The highest BCUT2D eigenvalue weighted by Crippen LogP contribution is 2.09. The molecule has 1 rings (SSSR count). The maximum Gasteiger partial charge on any atom is 0.339 e. The lowest BCUT2D eigenvalue weighted by molar-refractivity contribution is 0.0694. The first-order valence-electron chi connectivity index (χ1n) is 5.25. The van der Waals surface area contributed by atoms with E-state index in [0.29, 0.717) is 12.3 Å². The molecule has 0 atom stereocenters. The van der Waals surface area contributed by atoms with Crippen molar-refractivity contribution in [3.05, 3.63) is 23.7 Å². The minimum atomic E-state index is -0.954. The molecule has 1 heterocycles. The Morgan fingerprint density at radius 1 is 1.56 bits per heavy atom. The van der Waals surface area contributed by atoms with Crippen molar-refractivity contribution in [1.29, 1.82) is 0 Å². The fourth-order valence-electron chi connectivity index (χ4n) is 1.37. The zero-order valence-electron chi connectivity index (χ0n) is 9.36. The van der Waals surface area contributed by atoms with Crippen LogP contribution in [0, 0.1) is 0 Å². The van der Waals surface area contributed by atoms with E-state index >= 15 is 0 Å². The van der Waals surface area contributed by atoms with Crippen LogP contribution in [0.2, 0.25) is 0 Å². The molecule has 0 fully saturated rings. The summed E-state index contributed by atoms with van der Waals surface area (Å²) in [7, 11) is 1.68. The highest BCUT2D eigenvalue weighted by Gasteiger charge is 2.12. The second-order valence-corrected chi connectivity index (χ2v) is 3.44. The summed E-state index contributed by atoms with van der Waals surface area (Å²) in [5.41, 5.74) is 0.226. The van der Waals surface area contributed by atoms with Crippen LogP contribution in [0.4, 0.5) is 0 Å². The molecule has 1 aromatic rings. The second kappa shape index (κ2) is 7.03. The average molecular weight is 227 g/mol. The summed E-state index contributed by atoms with van der Waals surface area (Å²) in [6, 6.07) is 1.46. The number of methoxy groups -OCH3 is 1. The average Bonchev–Trinajstić information content (AvgIpc) is 2.71. The first-order chi connectivity index (χ1) is 7.75. The predicted octanol–water partition coefficient (Wildman–Crippen LogP) is 1.49. The van der Waals surface area contributed by atoms with Crippen LogP contribution in [-0.4, -0.2) is 31.3 Å². The van der Waals surface area contributed by atoms with Crippen LogP contribution in [0.25, 0.3) is 0 Å². The summed E-state index contributed by atoms with van der Waals surface area (Å²) in [5.74, 6) is -0.482. The largest absolute Gasteiger partial charge is 0.478 e. The highest BCUT2D eigenvalue weighted by atomic mass is 16.5. The van der Waals surface area contributed by atoms with Gasteiger partial charge in [-0.25, -0.2) is 4.79 Å². The molecule has 0 aliphatic carbocycles. The van der Waals surface area contributed by atoms with Gasteiger partial charge in [-0.1, -0.05) is 0 Å². The topological polar surface area (TPSA) is 71.7 Å². The molecule has 0 saturated heterocycles. The summed E-state index contributed by atoms with van der Waals surface area (Å²) in [6.07, 6.45) is 3.38. The number of ether oxygens (including phenoxy) is 1. The maximum absolute atomic E-state index is 10.8. The quantitative estimate of drug-likeness (QED) is 0.658. The first kappa shape index (κ1) is 12.7. The molecule has 0 radical (unpaired) electrons. The maximum atomic E-state index is 10.8. The summed E-state index contributed by atoms with van der Waals surface area (Å²) < 4.78 is 10.0.